The number of hydrogen-bond acceptors (Lipinski definition) is 4. The van der Waals surface area contributed by atoms with Gasteiger partial charge in [-0.25, -0.2) is 9.59 Å². The van der Waals surface area contributed by atoms with E-state index in [2.05, 4.69) is 5.32 Å². The van der Waals surface area contributed by atoms with Gasteiger partial charge in [-0.1, -0.05) is 30.3 Å². The molecule has 2 rings (SSSR count). The maximum atomic E-state index is 12.2. The zero-order chi connectivity index (χ0) is 14.6. The molecule has 0 saturated carbocycles. The minimum absolute atomic E-state index is 0.215. The fourth-order valence-electron chi connectivity index (χ4n) is 2.51. The number of carbonyl (C=O) groups excluding carboxylic acids is 2. The molecule has 108 valence electrons. The van der Waals surface area contributed by atoms with Crippen molar-refractivity contribution >= 4 is 12.1 Å². The third-order valence-corrected chi connectivity index (χ3v) is 3.30. The van der Waals surface area contributed by atoms with Crippen LogP contribution in [0.15, 0.2) is 30.3 Å². The molecule has 0 aliphatic carbocycles. The number of carbonyl (C=O) groups is 2. The molecule has 1 aliphatic heterocycles. The first kappa shape index (κ1) is 14.4. The minimum atomic E-state index is -1.03. The summed E-state index contributed by atoms with van der Waals surface area (Å²) < 4.78 is 10.1. The second-order valence-electron chi connectivity index (χ2n) is 5.01. The number of ether oxygens (including phenoxy) is 2. The molecule has 1 aromatic rings. The number of rotatable bonds is 4. The van der Waals surface area contributed by atoms with Crippen LogP contribution in [-0.2, 0) is 20.7 Å². The Bertz CT molecular complexity index is 488. The fourth-order valence-corrected chi connectivity index (χ4v) is 2.51. The Labute approximate surface area is 118 Å². The van der Waals surface area contributed by atoms with Crippen LogP contribution in [0.25, 0.3) is 0 Å². The topological polar surface area (TPSA) is 64.6 Å². The summed E-state index contributed by atoms with van der Waals surface area (Å²) in [5.41, 5.74) is -0.0668. The van der Waals surface area contributed by atoms with Crippen LogP contribution in [0, 0.1) is 0 Å². The Morgan fingerprint density at radius 2 is 2.15 bits per heavy atom. The zero-order valence-corrected chi connectivity index (χ0v) is 11.7. The van der Waals surface area contributed by atoms with E-state index in [9.17, 15) is 9.59 Å². The molecule has 1 aliphatic rings. The van der Waals surface area contributed by atoms with Gasteiger partial charge in [-0.05, 0) is 19.4 Å². The predicted molar refractivity (Wildman–Crippen MR) is 73.2 cm³/mol. The Hall–Kier alpha value is -2.04. The molecule has 1 heterocycles. The highest BCUT2D eigenvalue weighted by molar-refractivity contribution is 5.88. The lowest BCUT2D eigenvalue weighted by molar-refractivity contribution is -0.145. The molecule has 0 radical (unpaired) electrons. The molecule has 5 heteroatoms. The van der Waals surface area contributed by atoms with E-state index in [4.69, 9.17) is 9.47 Å². The van der Waals surface area contributed by atoms with Crippen molar-refractivity contribution in [3.8, 4) is 0 Å². The van der Waals surface area contributed by atoms with E-state index in [-0.39, 0.29) is 12.7 Å². The molecule has 5 nitrogen and oxygen atoms in total. The summed E-state index contributed by atoms with van der Waals surface area (Å²) in [6.07, 6.45) is 0.0395. The van der Waals surface area contributed by atoms with Gasteiger partial charge in [0.15, 0.2) is 0 Å². The summed E-state index contributed by atoms with van der Waals surface area (Å²) in [5, 5.41) is 2.69. The van der Waals surface area contributed by atoms with Gasteiger partial charge in [-0.2, -0.15) is 0 Å². The van der Waals surface area contributed by atoms with E-state index in [1.54, 1.807) is 6.92 Å². The van der Waals surface area contributed by atoms with Crippen LogP contribution in [0.3, 0.4) is 0 Å². The first-order chi connectivity index (χ1) is 9.55. The maximum absolute atomic E-state index is 12.2. The van der Waals surface area contributed by atoms with Crippen LogP contribution in [0.2, 0.25) is 0 Å². The van der Waals surface area contributed by atoms with Crippen LogP contribution in [0.1, 0.15) is 25.8 Å². The average Bonchev–Trinajstić information content (AvgIpc) is 2.65. The van der Waals surface area contributed by atoms with Crippen molar-refractivity contribution in [1.82, 2.24) is 5.32 Å². The molecule has 1 saturated heterocycles. The molecule has 0 spiro atoms. The Kier molecular flexibility index (Phi) is 4.27. The number of cyclic esters (lactones) is 1. The largest absolute Gasteiger partial charge is 0.461 e. The van der Waals surface area contributed by atoms with Crippen molar-refractivity contribution in [1.29, 1.82) is 0 Å². The van der Waals surface area contributed by atoms with Crippen molar-refractivity contribution in [2.45, 2.75) is 38.3 Å². The zero-order valence-electron chi connectivity index (χ0n) is 11.7. The Morgan fingerprint density at radius 1 is 1.45 bits per heavy atom. The van der Waals surface area contributed by atoms with Crippen LogP contribution < -0.4 is 5.32 Å². The first-order valence-electron chi connectivity index (χ1n) is 6.75. The monoisotopic (exact) mass is 277 g/mol. The van der Waals surface area contributed by atoms with Gasteiger partial charge in [0.1, 0.15) is 11.6 Å². The molecular formula is C15H19NO4. The van der Waals surface area contributed by atoms with Crippen molar-refractivity contribution in [2.75, 3.05) is 6.61 Å². The molecule has 1 aromatic carbocycles. The van der Waals surface area contributed by atoms with E-state index >= 15 is 0 Å². The molecule has 0 bridgehead atoms. The molecule has 0 unspecified atom stereocenters. The van der Waals surface area contributed by atoms with E-state index in [0.717, 1.165) is 5.56 Å². The van der Waals surface area contributed by atoms with Crippen molar-refractivity contribution in [2.24, 2.45) is 0 Å². The summed E-state index contributed by atoms with van der Waals surface area (Å²) in [5.74, 6) is -0.401. The summed E-state index contributed by atoms with van der Waals surface area (Å²) in [6.45, 7) is 3.80. The lowest BCUT2D eigenvalue weighted by atomic mass is 9.88. The summed E-state index contributed by atoms with van der Waals surface area (Å²) in [4.78, 5) is 23.9. The van der Waals surface area contributed by atoms with Gasteiger partial charge in [-0.3, -0.25) is 0 Å². The van der Waals surface area contributed by atoms with Crippen molar-refractivity contribution in [3.63, 3.8) is 0 Å². The fraction of sp³-hybridized carbons (Fsp3) is 0.467. The van der Waals surface area contributed by atoms with E-state index in [1.165, 1.54) is 0 Å². The smallest absolute Gasteiger partial charge is 0.408 e. The van der Waals surface area contributed by atoms with Gasteiger partial charge in [0.2, 0.25) is 0 Å². The van der Waals surface area contributed by atoms with Gasteiger partial charge in [-0.15, -0.1) is 0 Å². The van der Waals surface area contributed by atoms with E-state index in [0.29, 0.717) is 12.8 Å². The quantitative estimate of drug-likeness (QED) is 0.855. The van der Waals surface area contributed by atoms with Crippen molar-refractivity contribution < 1.29 is 19.1 Å². The molecule has 0 aromatic heterocycles. The van der Waals surface area contributed by atoms with E-state index in [1.807, 2.05) is 37.3 Å². The predicted octanol–water partition coefficient (Wildman–Crippen LogP) is 2.05. The SMILES string of the molecule is CCOC(=O)N[C@@]1(Cc2ccccc2)C[C@H](C)OC1=O. The second kappa shape index (κ2) is 5.94. The third kappa shape index (κ3) is 3.10. The number of benzene rings is 1. The number of alkyl carbamates (subject to hydrolysis) is 1. The molecule has 2 atom stereocenters. The van der Waals surface area contributed by atoms with Crippen molar-refractivity contribution in [3.05, 3.63) is 35.9 Å². The van der Waals surface area contributed by atoms with Crippen LogP contribution >= 0.6 is 0 Å². The Morgan fingerprint density at radius 3 is 2.70 bits per heavy atom. The maximum Gasteiger partial charge on any atom is 0.408 e. The summed E-state index contributed by atoms with van der Waals surface area (Å²) >= 11 is 0. The second-order valence-corrected chi connectivity index (χ2v) is 5.01. The number of hydrogen-bond donors (Lipinski definition) is 1. The lowest BCUT2D eigenvalue weighted by Gasteiger charge is -2.25. The standard InChI is InChI=1S/C15H19NO4/c1-3-19-14(18)16-15(9-11(2)20-13(15)17)10-12-7-5-4-6-8-12/h4-8,11H,3,9-10H2,1-2H3,(H,16,18)/t11-,15+/m0/s1. The van der Waals surface area contributed by atoms with Crippen LogP contribution in [0.4, 0.5) is 4.79 Å². The summed E-state index contributed by atoms with van der Waals surface area (Å²) in [7, 11) is 0. The molecule has 1 N–H and O–H groups in total. The van der Waals surface area contributed by atoms with Gasteiger partial charge < -0.3 is 14.8 Å². The van der Waals surface area contributed by atoms with Crippen LogP contribution in [0.5, 0.6) is 0 Å². The first-order valence-corrected chi connectivity index (χ1v) is 6.75. The summed E-state index contributed by atoms with van der Waals surface area (Å²) in [6, 6.07) is 9.55. The van der Waals surface area contributed by atoms with Gasteiger partial charge in [0.25, 0.3) is 0 Å². The number of nitrogens with one attached hydrogen (secondary N) is 1. The van der Waals surface area contributed by atoms with Crippen LogP contribution in [-0.4, -0.2) is 30.3 Å². The highest BCUT2D eigenvalue weighted by atomic mass is 16.6. The van der Waals surface area contributed by atoms with Gasteiger partial charge in [0.05, 0.1) is 6.61 Å². The van der Waals surface area contributed by atoms with Gasteiger partial charge in [0, 0.05) is 12.8 Å². The third-order valence-electron chi connectivity index (χ3n) is 3.30. The highest BCUT2D eigenvalue weighted by Crippen LogP contribution is 2.29. The molecule has 1 fully saturated rings. The number of esters is 1. The molecule has 20 heavy (non-hydrogen) atoms. The molecule has 1 amide bonds. The normalized spacial score (nSPS) is 25.1. The Balaban J connectivity index is 2.21. The average molecular weight is 277 g/mol. The minimum Gasteiger partial charge on any atom is -0.461 e. The number of amides is 1. The highest BCUT2D eigenvalue weighted by Gasteiger charge is 2.49. The van der Waals surface area contributed by atoms with Gasteiger partial charge >= 0.3 is 12.1 Å². The van der Waals surface area contributed by atoms with E-state index < -0.39 is 17.6 Å². The molecular weight excluding hydrogens is 258 g/mol. The lowest BCUT2D eigenvalue weighted by Crippen LogP contribution is -2.53.